The van der Waals surface area contributed by atoms with Crippen molar-refractivity contribution in [1.29, 1.82) is 0 Å². The molecule has 0 aromatic heterocycles. The van der Waals surface area contributed by atoms with E-state index in [1.165, 1.54) is 5.56 Å². The van der Waals surface area contributed by atoms with Crippen LogP contribution in [0.5, 0.6) is 0 Å². The summed E-state index contributed by atoms with van der Waals surface area (Å²) in [6.07, 6.45) is 0. The van der Waals surface area contributed by atoms with E-state index in [9.17, 15) is 4.79 Å². The zero-order chi connectivity index (χ0) is 15.5. The molecule has 0 bridgehead atoms. The zero-order valence-electron chi connectivity index (χ0n) is 12.6. The molecule has 0 aliphatic rings. The van der Waals surface area contributed by atoms with Crippen LogP contribution < -0.4 is 5.32 Å². The first-order chi connectivity index (χ1) is 9.88. The van der Waals surface area contributed by atoms with E-state index < -0.39 is 0 Å². The van der Waals surface area contributed by atoms with Crippen molar-refractivity contribution in [1.82, 2.24) is 5.32 Å². The van der Waals surface area contributed by atoms with E-state index in [0.29, 0.717) is 12.1 Å². The lowest BCUT2D eigenvalue weighted by Gasteiger charge is -2.19. The van der Waals surface area contributed by atoms with Crippen LogP contribution in [0, 0.1) is 0 Å². The van der Waals surface area contributed by atoms with Crippen LogP contribution >= 0.6 is 15.9 Å². The third-order valence-corrected chi connectivity index (χ3v) is 4.08. The van der Waals surface area contributed by atoms with Gasteiger partial charge in [-0.15, -0.1) is 0 Å². The van der Waals surface area contributed by atoms with Crippen molar-refractivity contribution in [2.75, 3.05) is 0 Å². The number of carbonyl (C=O) groups excluding carboxylic acids is 1. The summed E-state index contributed by atoms with van der Waals surface area (Å²) >= 11 is 3.39. The predicted molar refractivity (Wildman–Crippen MR) is 90.5 cm³/mol. The van der Waals surface area contributed by atoms with E-state index in [4.69, 9.17) is 0 Å². The molecular weight excluding hydrogens is 326 g/mol. The van der Waals surface area contributed by atoms with Gasteiger partial charge in [-0.2, -0.15) is 0 Å². The van der Waals surface area contributed by atoms with Gasteiger partial charge < -0.3 is 5.32 Å². The molecule has 110 valence electrons. The SMILES string of the molecule is CC(C)(C)c1ccc(CNC(=O)c2ccccc2Br)cc1. The van der Waals surface area contributed by atoms with Gasteiger partial charge in [-0.05, 0) is 44.6 Å². The second-order valence-corrected chi connectivity index (χ2v) is 6.96. The normalized spacial score (nSPS) is 11.2. The number of nitrogens with one attached hydrogen (secondary N) is 1. The molecule has 0 aliphatic heterocycles. The monoisotopic (exact) mass is 345 g/mol. The van der Waals surface area contributed by atoms with Crippen molar-refractivity contribution < 1.29 is 4.79 Å². The summed E-state index contributed by atoms with van der Waals surface area (Å²) in [6.45, 7) is 7.11. The van der Waals surface area contributed by atoms with Crippen LogP contribution in [0.2, 0.25) is 0 Å². The molecule has 2 aromatic carbocycles. The minimum Gasteiger partial charge on any atom is -0.348 e. The standard InChI is InChI=1S/C18H20BrNO/c1-18(2,3)14-10-8-13(9-11-14)12-20-17(21)15-6-4-5-7-16(15)19/h4-11H,12H2,1-3H3,(H,20,21). The van der Waals surface area contributed by atoms with Gasteiger partial charge in [-0.3, -0.25) is 4.79 Å². The van der Waals surface area contributed by atoms with Crippen molar-refractivity contribution in [2.45, 2.75) is 32.7 Å². The molecule has 1 amide bonds. The molecule has 21 heavy (non-hydrogen) atoms. The first-order valence-electron chi connectivity index (χ1n) is 7.00. The molecular formula is C18H20BrNO. The van der Waals surface area contributed by atoms with E-state index in [0.717, 1.165) is 10.0 Å². The molecule has 0 fully saturated rings. The molecule has 0 saturated carbocycles. The predicted octanol–water partition coefficient (Wildman–Crippen LogP) is 4.68. The highest BCUT2D eigenvalue weighted by atomic mass is 79.9. The average Bonchev–Trinajstić information content (AvgIpc) is 2.45. The van der Waals surface area contributed by atoms with E-state index >= 15 is 0 Å². The number of amides is 1. The van der Waals surface area contributed by atoms with E-state index in [1.807, 2.05) is 24.3 Å². The summed E-state index contributed by atoms with van der Waals surface area (Å²) in [5.74, 6) is -0.0672. The second kappa shape index (κ2) is 6.44. The molecule has 2 nitrogen and oxygen atoms in total. The Morgan fingerprint density at radius 3 is 2.24 bits per heavy atom. The Hall–Kier alpha value is -1.61. The van der Waals surface area contributed by atoms with Crippen LogP contribution in [0.3, 0.4) is 0 Å². The molecule has 1 N–H and O–H groups in total. The minimum atomic E-state index is -0.0672. The van der Waals surface area contributed by atoms with Gasteiger partial charge in [0.25, 0.3) is 5.91 Å². The fourth-order valence-electron chi connectivity index (χ4n) is 2.05. The van der Waals surface area contributed by atoms with Gasteiger partial charge in [-0.1, -0.05) is 57.2 Å². The third-order valence-electron chi connectivity index (χ3n) is 3.39. The molecule has 0 spiro atoms. The van der Waals surface area contributed by atoms with Gasteiger partial charge in [-0.25, -0.2) is 0 Å². The smallest absolute Gasteiger partial charge is 0.252 e. The Balaban J connectivity index is 2.00. The maximum atomic E-state index is 12.1. The minimum absolute atomic E-state index is 0.0672. The van der Waals surface area contributed by atoms with Crippen molar-refractivity contribution in [3.63, 3.8) is 0 Å². The summed E-state index contributed by atoms with van der Waals surface area (Å²) in [5, 5.41) is 2.95. The molecule has 0 aliphatic carbocycles. The second-order valence-electron chi connectivity index (χ2n) is 6.11. The summed E-state index contributed by atoms with van der Waals surface area (Å²) in [5.41, 5.74) is 3.20. The molecule has 2 rings (SSSR count). The first kappa shape index (κ1) is 15.8. The molecule has 0 atom stereocenters. The molecule has 0 radical (unpaired) electrons. The molecule has 3 heteroatoms. The molecule has 0 saturated heterocycles. The van der Waals surface area contributed by atoms with Crippen LogP contribution in [0.4, 0.5) is 0 Å². The Morgan fingerprint density at radius 2 is 1.67 bits per heavy atom. The van der Waals surface area contributed by atoms with Crippen LogP contribution in [0.1, 0.15) is 42.3 Å². The third kappa shape index (κ3) is 4.18. The quantitative estimate of drug-likeness (QED) is 0.859. The summed E-state index contributed by atoms with van der Waals surface area (Å²) in [4.78, 5) is 12.1. The van der Waals surface area contributed by atoms with E-state index in [2.05, 4.69) is 66.3 Å². The van der Waals surface area contributed by atoms with Crippen LogP contribution in [0.25, 0.3) is 0 Å². The molecule has 2 aromatic rings. The van der Waals surface area contributed by atoms with Crippen molar-refractivity contribution in [3.8, 4) is 0 Å². The highest BCUT2D eigenvalue weighted by molar-refractivity contribution is 9.10. The fraction of sp³-hybridized carbons (Fsp3) is 0.278. The summed E-state index contributed by atoms with van der Waals surface area (Å²) < 4.78 is 0.811. The first-order valence-corrected chi connectivity index (χ1v) is 7.79. The number of rotatable bonds is 3. The molecule has 0 heterocycles. The van der Waals surface area contributed by atoms with Crippen LogP contribution in [-0.2, 0) is 12.0 Å². The highest BCUT2D eigenvalue weighted by Gasteiger charge is 2.13. The zero-order valence-corrected chi connectivity index (χ0v) is 14.2. The number of halogens is 1. The number of hydrogen-bond acceptors (Lipinski definition) is 1. The average molecular weight is 346 g/mol. The number of carbonyl (C=O) groups is 1. The Kier molecular flexibility index (Phi) is 4.84. The lowest BCUT2D eigenvalue weighted by Crippen LogP contribution is -2.23. The van der Waals surface area contributed by atoms with Crippen molar-refractivity contribution in [2.24, 2.45) is 0 Å². The summed E-state index contributed by atoms with van der Waals surface area (Å²) in [7, 11) is 0. The largest absolute Gasteiger partial charge is 0.348 e. The Morgan fingerprint density at radius 1 is 1.05 bits per heavy atom. The Bertz CT molecular complexity index is 626. The van der Waals surface area contributed by atoms with Crippen LogP contribution in [0.15, 0.2) is 53.0 Å². The van der Waals surface area contributed by atoms with Gasteiger partial charge in [0.1, 0.15) is 0 Å². The van der Waals surface area contributed by atoms with E-state index in [1.54, 1.807) is 0 Å². The highest BCUT2D eigenvalue weighted by Crippen LogP contribution is 2.22. The van der Waals surface area contributed by atoms with Crippen molar-refractivity contribution in [3.05, 3.63) is 69.7 Å². The van der Waals surface area contributed by atoms with Crippen LogP contribution in [-0.4, -0.2) is 5.91 Å². The van der Waals surface area contributed by atoms with Crippen molar-refractivity contribution >= 4 is 21.8 Å². The van der Waals surface area contributed by atoms with Gasteiger partial charge in [0.05, 0.1) is 5.56 Å². The topological polar surface area (TPSA) is 29.1 Å². The molecule has 0 unspecified atom stereocenters. The van der Waals surface area contributed by atoms with E-state index in [-0.39, 0.29) is 11.3 Å². The maximum Gasteiger partial charge on any atom is 0.252 e. The summed E-state index contributed by atoms with van der Waals surface area (Å²) in [6, 6.07) is 15.8. The van der Waals surface area contributed by atoms with Gasteiger partial charge in [0.15, 0.2) is 0 Å². The lowest BCUT2D eigenvalue weighted by molar-refractivity contribution is 0.0950. The van der Waals surface area contributed by atoms with Gasteiger partial charge >= 0.3 is 0 Å². The Labute approximate surface area is 134 Å². The van der Waals surface area contributed by atoms with Gasteiger partial charge in [0.2, 0.25) is 0 Å². The number of benzene rings is 2. The maximum absolute atomic E-state index is 12.1. The van der Waals surface area contributed by atoms with Gasteiger partial charge in [0, 0.05) is 11.0 Å². The fourth-order valence-corrected chi connectivity index (χ4v) is 2.51. The number of hydrogen-bond donors (Lipinski definition) is 1. The lowest BCUT2D eigenvalue weighted by atomic mass is 9.87.